The van der Waals surface area contributed by atoms with Crippen molar-refractivity contribution in [3.8, 4) is 0 Å². The Morgan fingerprint density at radius 3 is 2.47 bits per heavy atom. The van der Waals surface area contributed by atoms with Gasteiger partial charge in [-0.1, -0.05) is 20.8 Å². The summed E-state index contributed by atoms with van der Waals surface area (Å²) < 4.78 is 14.2. The van der Waals surface area contributed by atoms with E-state index in [-0.39, 0.29) is 5.82 Å². The summed E-state index contributed by atoms with van der Waals surface area (Å²) in [5.41, 5.74) is 1.64. The third kappa shape index (κ3) is 3.40. The van der Waals surface area contributed by atoms with E-state index in [2.05, 4.69) is 31.0 Å². The maximum Gasteiger partial charge on any atom is 0.148 e. The molecule has 0 aromatic heterocycles. The van der Waals surface area contributed by atoms with Crippen LogP contribution in [0.3, 0.4) is 0 Å². The third-order valence-corrected chi connectivity index (χ3v) is 3.99. The summed E-state index contributed by atoms with van der Waals surface area (Å²) >= 11 is 0. The third-order valence-electron chi connectivity index (χ3n) is 3.99. The molecule has 0 amide bonds. The lowest BCUT2D eigenvalue weighted by atomic mass is 10.0. The van der Waals surface area contributed by atoms with Crippen molar-refractivity contribution in [2.45, 2.75) is 46.1 Å². The molecule has 0 radical (unpaired) electrons. The molecule has 1 heterocycles. The molecule has 19 heavy (non-hydrogen) atoms. The van der Waals surface area contributed by atoms with Gasteiger partial charge in [0.25, 0.3) is 0 Å². The van der Waals surface area contributed by atoms with E-state index in [1.54, 1.807) is 6.07 Å². The maximum absolute atomic E-state index is 14.2. The van der Waals surface area contributed by atoms with E-state index in [9.17, 15) is 4.39 Å². The van der Waals surface area contributed by atoms with Crippen molar-refractivity contribution >= 4 is 11.4 Å². The average molecular weight is 264 g/mol. The van der Waals surface area contributed by atoms with Gasteiger partial charge < -0.3 is 10.2 Å². The van der Waals surface area contributed by atoms with Gasteiger partial charge >= 0.3 is 0 Å². The molecule has 0 aliphatic carbocycles. The number of anilines is 2. The van der Waals surface area contributed by atoms with E-state index in [4.69, 9.17) is 0 Å². The number of rotatable bonds is 5. The lowest BCUT2D eigenvalue weighted by Crippen LogP contribution is -2.25. The fraction of sp³-hybridized carbons (Fsp3) is 0.625. The quantitative estimate of drug-likeness (QED) is 0.854. The van der Waals surface area contributed by atoms with Gasteiger partial charge in [0.15, 0.2) is 0 Å². The highest BCUT2D eigenvalue weighted by atomic mass is 19.1. The Morgan fingerprint density at radius 1 is 1.26 bits per heavy atom. The molecule has 2 rings (SSSR count). The second kappa shape index (κ2) is 6.27. The van der Waals surface area contributed by atoms with Gasteiger partial charge in [-0.25, -0.2) is 4.39 Å². The SMILES string of the molecule is CCC(Nc1ccc(N2CCCC2)c(F)c1)C(C)C. The molecule has 1 aliphatic rings. The van der Waals surface area contributed by atoms with E-state index >= 15 is 0 Å². The zero-order chi connectivity index (χ0) is 13.8. The Balaban J connectivity index is 2.09. The molecule has 1 atom stereocenters. The first-order valence-electron chi connectivity index (χ1n) is 7.43. The summed E-state index contributed by atoms with van der Waals surface area (Å²) in [4.78, 5) is 2.14. The predicted molar refractivity (Wildman–Crippen MR) is 80.4 cm³/mol. The number of hydrogen-bond donors (Lipinski definition) is 1. The van der Waals surface area contributed by atoms with Gasteiger partial charge in [0.2, 0.25) is 0 Å². The summed E-state index contributed by atoms with van der Waals surface area (Å²) in [5.74, 6) is 0.442. The second-order valence-electron chi connectivity index (χ2n) is 5.76. The Bertz CT molecular complexity index is 411. The number of nitrogens with one attached hydrogen (secondary N) is 1. The molecule has 2 nitrogen and oxygen atoms in total. The molecule has 1 fully saturated rings. The molecule has 1 unspecified atom stereocenters. The normalized spacial score (nSPS) is 17.0. The van der Waals surface area contributed by atoms with Crippen molar-refractivity contribution in [1.29, 1.82) is 0 Å². The fourth-order valence-corrected chi connectivity index (χ4v) is 2.77. The number of benzene rings is 1. The molecule has 1 aromatic carbocycles. The highest BCUT2D eigenvalue weighted by molar-refractivity contribution is 5.57. The van der Waals surface area contributed by atoms with Crippen LogP contribution in [0.1, 0.15) is 40.0 Å². The Morgan fingerprint density at radius 2 is 1.95 bits per heavy atom. The van der Waals surface area contributed by atoms with Crippen molar-refractivity contribution in [3.05, 3.63) is 24.0 Å². The van der Waals surface area contributed by atoms with Crippen molar-refractivity contribution in [2.24, 2.45) is 5.92 Å². The van der Waals surface area contributed by atoms with Crippen LogP contribution in [0.25, 0.3) is 0 Å². The van der Waals surface area contributed by atoms with Crippen LogP contribution in [0.15, 0.2) is 18.2 Å². The van der Waals surface area contributed by atoms with E-state index in [1.165, 1.54) is 12.8 Å². The maximum atomic E-state index is 14.2. The van der Waals surface area contributed by atoms with E-state index in [0.29, 0.717) is 12.0 Å². The Hall–Kier alpha value is -1.25. The first kappa shape index (κ1) is 14.2. The Labute approximate surface area is 116 Å². The van der Waals surface area contributed by atoms with Gasteiger partial charge in [0.05, 0.1) is 5.69 Å². The lowest BCUT2D eigenvalue weighted by Gasteiger charge is -2.23. The minimum atomic E-state index is -0.106. The van der Waals surface area contributed by atoms with Gasteiger partial charge in [-0.3, -0.25) is 0 Å². The average Bonchev–Trinajstić information content (AvgIpc) is 2.89. The zero-order valence-electron chi connectivity index (χ0n) is 12.2. The molecule has 0 saturated carbocycles. The van der Waals surface area contributed by atoms with E-state index in [1.807, 2.05) is 12.1 Å². The van der Waals surface area contributed by atoms with Crippen LogP contribution in [-0.4, -0.2) is 19.1 Å². The molecule has 0 spiro atoms. The highest BCUT2D eigenvalue weighted by Crippen LogP contribution is 2.27. The molecule has 0 bridgehead atoms. The molecule has 1 aliphatic heterocycles. The number of halogens is 1. The summed E-state index contributed by atoms with van der Waals surface area (Å²) in [5, 5.41) is 3.43. The van der Waals surface area contributed by atoms with Gasteiger partial charge in [0.1, 0.15) is 5.82 Å². The van der Waals surface area contributed by atoms with Gasteiger partial charge in [0, 0.05) is 24.8 Å². The van der Waals surface area contributed by atoms with E-state index in [0.717, 1.165) is 30.9 Å². The van der Waals surface area contributed by atoms with Crippen LogP contribution in [0.2, 0.25) is 0 Å². The number of nitrogens with zero attached hydrogens (tertiary/aromatic N) is 1. The van der Waals surface area contributed by atoms with Gasteiger partial charge in [-0.15, -0.1) is 0 Å². The fourth-order valence-electron chi connectivity index (χ4n) is 2.77. The smallest absolute Gasteiger partial charge is 0.148 e. The summed E-state index contributed by atoms with van der Waals surface area (Å²) in [6.07, 6.45) is 3.39. The number of hydrogen-bond acceptors (Lipinski definition) is 2. The highest BCUT2D eigenvalue weighted by Gasteiger charge is 2.17. The molecule has 3 heteroatoms. The van der Waals surface area contributed by atoms with Crippen LogP contribution < -0.4 is 10.2 Å². The molecule has 1 aromatic rings. The van der Waals surface area contributed by atoms with Crippen molar-refractivity contribution < 1.29 is 4.39 Å². The monoisotopic (exact) mass is 264 g/mol. The molecular formula is C16H25FN2. The van der Waals surface area contributed by atoms with Gasteiger partial charge in [-0.2, -0.15) is 0 Å². The van der Waals surface area contributed by atoms with Crippen LogP contribution in [0, 0.1) is 11.7 Å². The minimum absolute atomic E-state index is 0.106. The second-order valence-corrected chi connectivity index (χ2v) is 5.76. The molecule has 1 saturated heterocycles. The molecular weight excluding hydrogens is 239 g/mol. The summed E-state index contributed by atoms with van der Waals surface area (Å²) in [6.45, 7) is 8.50. The van der Waals surface area contributed by atoms with Crippen LogP contribution in [0.4, 0.5) is 15.8 Å². The van der Waals surface area contributed by atoms with Gasteiger partial charge in [-0.05, 0) is 43.4 Å². The lowest BCUT2D eigenvalue weighted by molar-refractivity contribution is 0.511. The summed E-state index contributed by atoms with van der Waals surface area (Å²) in [7, 11) is 0. The standard InChI is InChI=1S/C16H25FN2/c1-4-15(12(2)3)18-13-7-8-16(14(17)11-13)19-9-5-6-10-19/h7-8,11-12,15,18H,4-6,9-10H2,1-3H3. The van der Waals surface area contributed by atoms with Crippen LogP contribution in [0.5, 0.6) is 0 Å². The largest absolute Gasteiger partial charge is 0.382 e. The first-order chi connectivity index (χ1) is 9.11. The first-order valence-corrected chi connectivity index (χ1v) is 7.43. The topological polar surface area (TPSA) is 15.3 Å². The summed E-state index contributed by atoms with van der Waals surface area (Å²) in [6, 6.07) is 5.95. The molecule has 106 valence electrons. The zero-order valence-corrected chi connectivity index (χ0v) is 12.2. The molecule has 1 N–H and O–H groups in total. The van der Waals surface area contributed by atoms with Crippen molar-refractivity contribution in [2.75, 3.05) is 23.3 Å². The predicted octanol–water partition coefficient (Wildman–Crippen LogP) is 4.27. The minimum Gasteiger partial charge on any atom is -0.382 e. The van der Waals surface area contributed by atoms with Crippen molar-refractivity contribution in [1.82, 2.24) is 0 Å². The van der Waals surface area contributed by atoms with Crippen molar-refractivity contribution in [3.63, 3.8) is 0 Å². The van der Waals surface area contributed by atoms with Crippen LogP contribution in [-0.2, 0) is 0 Å². The van der Waals surface area contributed by atoms with Crippen LogP contribution >= 0.6 is 0 Å². The van der Waals surface area contributed by atoms with E-state index < -0.39 is 0 Å². The Kier molecular flexibility index (Phi) is 4.67.